The van der Waals surface area contributed by atoms with Crippen LogP contribution in [-0.2, 0) is 0 Å². The molecule has 0 aliphatic rings. The Hall–Kier alpha value is -7.82. The second kappa shape index (κ2) is 11.8. The Morgan fingerprint density at radius 2 is 0.879 bits per heavy atom. The van der Waals surface area contributed by atoms with Crippen molar-refractivity contribution in [3.8, 4) is 33.6 Å². The van der Waals surface area contributed by atoms with Gasteiger partial charge < -0.3 is 18.0 Å². The number of hydrogen-bond acceptors (Lipinski definition) is 2. The molecule has 0 atom stereocenters. The zero-order valence-electron chi connectivity index (χ0n) is 31.2. The Kier molecular flexibility index (Phi) is 6.41. The van der Waals surface area contributed by atoms with Crippen LogP contribution >= 0.6 is 0 Å². The fourth-order valence-corrected chi connectivity index (χ4v) is 9.55. The van der Waals surface area contributed by atoms with Gasteiger partial charge in [0.15, 0.2) is 5.58 Å². The molecule has 58 heavy (non-hydrogen) atoms. The number of para-hydroxylation sites is 5. The van der Waals surface area contributed by atoms with E-state index in [-0.39, 0.29) is 0 Å². The highest BCUT2D eigenvalue weighted by Crippen LogP contribution is 2.44. The van der Waals surface area contributed by atoms with Crippen molar-refractivity contribution in [3.63, 3.8) is 0 Å². The average Bonchev–Trinajstić information content (AvgIpc) is 4.03. The predicted octanol–water partition coefficient (Wildman–Crippen LogP) is 15.0. The molecule has 4 aromatic heterocycles. The first-order valence-corrected chi connectivity index (χ1v) is 19.8. The van der Waals surface area contributed by atoms with E-state index in [1.54, 1.807) is 0 Å². The summed E-state index contributed by atoms with van der Waals surface area (Å²) in [6.07, 6.45) is 0. The van der Waals surface area contributed by atoms with Gasteiger partial charge in [-0.2, -0.15) is 0 Å². The van der Waals surface area contributed by atoms with Gasteiger partial charge in [0.05, 0.1) is 27.8 Å². The number of aromatic nitrogens is 2. The summed E-state index contributed by atoms with van der Waals surface area (Å²) in [7, 11) is 0. The van der Waals surface area contributed by atoms with Gasteiger partial charge in [0, 0.05) is 48.8 Å². The van der Waals surface area contributed by atoms with Crippen molar-refractivity contribution in [2.75, 3.05) is 0 Å². The van der Waals surface area contributed by atoms with Crippen LogP contribution in [0.4, 0.5) is 0 Å². The van der Waals surface area contributed by atoms with Crippen LogP contribution in [0.1, 0.15) is 0 Å². The SMILES string of the molecule is c1ccc(-c2cc3c(cc2-c2ccc4c(c2)c2ccccc2n4-c2cccc4c2oc2ccccc24)c2ccccc2n3-c2ccc3oc4ccccc4c3c2)cc1. The summed E-state index contributed by atoms with van der Waals surface area (Å²) in [5, 5.41) is 9.31. The summed E-state index contributed by atoms with van der Waals surface area (Å²) in [5.41, 5.74) is 15.0. The normalized spacial score (nSPS) is 12.1. The van der Waals surface area contributed by atoms with Crippen LogP contribution in [0.2, 0.25) is 0 Å². The molecule has 13 aromatic rings. The largest absolute Gasteiger partial charge is 0.456 e. The molecule has 4 heteroatoms. The lowest BCUT2D eigenvalue weighted by Crippen LogP contribution is -1.95. The van der Waals surface area contributed by atoms with E-state index in [2.05, 4.69) is 185 Å². The van der Waals surface area contributed by atoms with Gasteiger partial charge in [0.2, 0.25) is 0 Å². The van der Waals surface area contributed by atoms with Gasteiger partial charge in [0.1, 0.15) is 16.7 Å². The highest BCUT2D eigenvalue weighted by atomic mass is 16.3. The summed E-state index contributed by atoms with van der Waals surface area (Å²) in [6.45, 7) is 0. The monoisotopic (exact) mass is 740 g/mol. The minimum Gasteiger partial charge on any atom is -0.456 e. The highest BCUT2D eigenvalue weighted by molar-refractivity contribution is 6.16. The Morgan fingerprint density at radius 3 is 1.67 bits per heavy atom. The van der Waals surface area contributed by atoms with E-state index < -0.39 is 0 Å². The lowest BCUT2D eigenvalue weighted by Gasteiger charge is -2.14. The molecule has 0 bridgehead atoms. The molecule has 0 saturated carbocycles. The molecule has 0 N–H and O–H groups in total. The van der Waals surface area contributed by atoms with Crippen molar-refractivity contribution in [3.05, 3.63) is 194 Å². The molecular formula is C54H32N2O2. The summed E-state index contributed by atoms with van der Waals surface area (Å²) >= 11 is 0. The van der Waals surface area contributed by atoms with Crippen molar-refractivity contribution in [2.24, 2.45) is 0 Å². The van der Waals surface area contributed by atoms with Gasteiger partial charge in [-0.15, -0.1) is 0 Å². The predicted molar refractivity (Wildman–Crippen MR) is 241 cm³/mol. The molecule has 0 amide bonds. The van der Waals surface area contributed by atoms with Crippen LogP contribution < -0.4 is 0 Å². The molecule has 13 rings (SSSR count). The minimum atomic E-state index is 0.892. The lowest BCUT2D eigenvalue weighted by molar-refractivity contribution is 0.666. The molecular weight excluding hydrogens is 709 g/mol. The van der Waals surface area contributed by atoms with E-state index in [1.165, 1.54) is 49.3 Å². The fourth-order valence-electron chi connectivity index (χ4n) is 9.55. The minimum absolute atomic E-state index is 0.892. The zero-order chi connectivity index (χ0) is 37.9. The second-order valence-electron chi connectivity index (χ2n) is 15.2. The molecule has 9 aromatic carbocycles. The maximum atomic E-state index is 6.58. The average molecular weight is 741 g/mol. The smallest absolute Gasteiger partial charge is 0.159 e. The van der Waals surface area contributed by atoms with Crippen molar-refractivity contribution >= 4 is 87.5 Å². The van der Waals surface area contributed by atoms with Crippen LogP contribution in [0.25, 0.3) is 121 Å². The molecule has 0 spiro atoms. The highest BCUT2D eigenvalue weighted by Gasteiger charge is 2.21. The molecule has 0 radical (unpaired) electrons. The number of benzene rings is 9. The third-order valence-electron chi connectivity index (χ3n) is 12.1. The summed E-state index contributed by atoms with van der Waals surface area (Å²) in [6, 6.07) is 69.7. The molecule has 0 unspecified atom stereocenters. The van der Waals surface area contributed by atoms with E-state index in [1.807, 2.05) is 18.2 Å². The first kappa shape index (κ1) is 31.4. The van der Waals surface area contributed by atoms with Crippen LogP contribution in [0.15, 0.2) is 203 Å². The van der Waals surface area contributed by atoms with Gasteiger partial charge in [0.25, 0.3) is 0 Å². The second-order valence-corrected chi connectivity index (χ2v) is 15.2. The maximum absolute atomic E-state index is 6.58. The number of rotatable bonds is 4. The Bertz CT molecular complexity index is 3800. The van der Waals surface area contributed by atoms with Gasteiger partial charge >= 0.3 is 0 Å². The van der Waals surface area contributed by atoms with Gasteiger partial charge in [-0.3, -0.25) is 0 Å². The number of furan rings is 2. The van der Waals surface area contributed by atoms with Gasteiger partial charge in [-0.1, -0.05) is 121 Å². The van der Waals surface area contributed by atoms with Gasteiger partial charge in [-0.05, 0) is 95.1 Å². The van der Waals surface area contributed by atoms with Crippen LogP contribution in [-0.4, -0.2) is 9.13 Å². The summed E-state index contributed by atoms with van der Waals surface area (Å²) in [5.74, 6) is 0. The standard InChI is InChI=1S/C54H32N2O2/c1-2-13-33(14-3-1)42-32-50-44(37-16-4-8-20-46(37)55(50)35-26-28-53-45(30-35)39-18-7-10-23-51(39)57-53)31-41(42)34-25-27-48-43(29-34)36-15-5-9-21-47(36)56(48)49-22-12-19-40-38-17-6-11-24-52(38)58-54(40)49/h1-32H. The molecule has 0 aliphatic heterocycles. The van der Waals surface area contributed by atoms with Crippen molar-refractivity contribution in [1.82, 2.24) is 9.13 Å². The third kappa shape index (κ3) is 4.40. The van der Waals surface area contributed by atoms with E-state index in [4.69, 9.17) is 8.83 Å². The molecule has 270 valence electrons. The molecule has 4 heterocycles. The van der Waals surface area contributed by atoms with Crippen LogP contribution in [0.5, 0.6) is 0 Å². The number of hydrogen-bond donors (Lipinski definition) is 0. The van der Waals surface area contributed by atoms with Crippen LogP contribution in [0.3, 0.4) is 0 Å². The summed E-state index contributed by atoms with van der Waals surface area (Å²) in [4.78, 5) is 0. The lowest BCUT2D eigenvalue weighted by atomic mass is 9.92. The zero-order valence-corrected chi connectivity index (χ0v) is 31.2. The van der Waals surface area contributed by atoms with Crippen molar-refractivity contribution in [1.29, 1.82) is 0 Å². The first-order valence-electron chi connectivity index (χ1n) is 19.8. The Balaban J connectivity index is 1.07. The Morgan fingerprint density at radius 1 is 0.293 bits per heavy atom. The van der Waals surface area contributed by atoms with Gasteiger partial charge in [-0.25, -0.2) is 0 Å². The molecule has 4 nitrogen and oxygen atoms in total. The molecule has 0 saturated heterocycles. The van der Waals surface area contributed by atoms with Crippen molar-refractivity contribution < 1.29 is 8.83 Å². The quantitative estimate of drug-likeness (QED) is 0.180. The molecule has 0 aliphatic carbocycles. The topological polar surface area (TPSA) is 36.1 Å². The summed E-state index contributed by atoms with van der Waals surface area (Å²) < 4.78 is 17.6. The van der Waals surface area contributed by atoms with E-state index in [9.17, 15) is 0 Å². The maximum Gasteiger partial charge on any atom is 0.159 e. The fraction of sp³-hybridized carbons (Fsp3) is 0. The van der Waals surface area contributed by atoms with E-state index in [0.717, 1.165) is 71.8 Å². The van der Waals surface area contributed by atoms with Crippen LogP contribution in [0, 0.1) is 0 Å². The number of fused-ring (bicyclic) bond motifs is 12. The molecule has 0 fully saturated rings. The van der Waals surface area contributed by atoms with E-state index >= 15 is 0 Å². The number of nitrogens with zero attached hydrogens (tertiary/aromatic N) is 2. The van der Waals surface area contributed by atoms with E-state index in [0.29, 0.717) is 0 Å². The first-order chi connectivity index (χ1) is 28.8. The van der Waals surface area contributed by atoms with Crippen molar-refractivity contribution in [2.45, 2.75) is 0 Å². The third-order valence-corrected chi connectivity index (χ3v) is 12.1. The Labute approximate surface area is 332 Å².